The van der Waals surface area contributed by atoms with Gasteiger partial charge in [0.2, 0.25) is 5.91 Å². The third kappa shape index (κ3) is 6.31. The molecule has 1 aliphatic carbocycles. The normalized spacial score (nSPS) is 20.4. The van der Waals surface area contributed by atoms with Crippen LogP contribution >= 0.6 is 0 Å². The van der Waals surface area contributed by atoms with Crippen molar-refractivity contribution in [3.8, 4) is 0 Å². The first-order valence-corrected chi connectivity index (χ1v) is 8.85. The molecule has 1 heterocycles. The van der Waals surface area contributed by atoms with Gasteiger partial charge in [0, 0.05) is 32.1 Å². The molecule has 2 N–H and O–H groups in total. The molecule has 0 bridgehead atoms. The number of aromatic nitrogens is 1. The second kappa shape index (κ2) is 9.93. The average molecular weight is 345 g/mol. The summed E-state index contributed by atoms with van der Waals surface area (Å²) in [5, 5.41) is 5.35. The molecule has 0 radical (unpaired) electrons. The number of rotatable bonds is 7. The molecule has 25 heavy (non-hydrogen) atoms. The van der Waals surface area contributed by atoms with Gasteiger partial charge in [-0.3, -0.25) is 14.6 Å². The van der Waals surface area contributed by atoms with Crippen LogP contribution in [0.4, 0.5) is 0 Å². The highest BCUT2D eigenvalue weighted by molar-refractivity contribution is 5.95. The molecule has 2 atom stereocenters. The predicted octanol–water partition coefficient (Wildman–Crippen LogP) is 2.17. The maximum atomic E-state index is 11.9. The van der Waals surface area contributed by atoms with Crippen LogP contribution in [0.25, 0.3) is 6.08 Å². The molecule has 1 saturated carbocycles. The Morgan fingerprint density at radius 3 is 2.88 bits per heavy atom. The Kier molecular flexibility index (Phi) is 7.60. The number of hydrogen-bond donors (Lipinski definition) is 2. The number of pyridine rings is 1. The second-order valence-electron chi connectivity index (χ2n) is 6.38. The monoisotopic (exact) mass is 345 g/mol. The highest BCUT2D eigenvalue weighted by atomic mass is 16.5. The summed E-state index contributed by atoms with van der Waals surface area (Å²) in [7, 11) is 1.56. The summed E-state index contributed by atoms with van der Waals surface area (Å²) in [6.45, 7) is 3.25. The fraction of sp³-hybridized carbons (Fsp3) is 0.526. The molecule has 0 aromatic carbocycles. The van der Waals surface area contributed by atoms with Crippen molar-refractivity contribution in [1.82, 2.24) is 15.6 Å². The topological polar surface area (TPSA) is 80.3 Å². The summed E-state index contributed by atoms with van der Waals surface area (Å²) in [6.07, 6.45) is 11.3. The van der Waals surface area contributed by atoms with Gasteiger partial charge >= 0.3 is 0 Å². The van der Waals surface area contributed by atoms with Crippen LogP contribution in [0, 0.1) is 5.92 Å². The van der Waals surface area contributed by atoms with E-state index in [-0.39, 0.29) is 11.8 Å². The second-order valence-corrected chi connectivity index (χ2v) is 6.38. The minimum Gasteiger partial charge on any atom is -0.376 e. The Labute approximate surface area is 149 Å². The lowest BCUT2D eigenvalue weighted by atomic mass is 9.88. The molecule has 0 spiro atoms. The fourth-order valence-electron chi connectivity index (χ4n) is 2.96. The summed E-state index contributed by atoms with van der Waals surface area (Å²) < 4.78 is 5.87. The standard InChI is InChI=1S/C19H27N3O3/c1-14-5-3-4-6-17(14)25-10-9-22-18(23)8-7-15-11-16(13-21-12-15)19(24)20-2/h7-8,11-14,17H,3-6,9-10H2,1-2H3,(H,20,24)(H,22,23)/b8-7+. The van der Waals surface area contributed by atoms with Crippen molar-refractivity contribution in [2.24, 2.45) is 5.92 Å². The van der Waals surface area contributed by atoms with E-state index < -0.39 is 0 Å². The summed E-state index contributed by atoms with van der Waals surface area (Å²) >= 11 is 0. The molecule has 2 rings (SSSR count). The zero-order chi connectivity index (χ0) is 18.1. The van der Waals surface area contributed by atoms with Crippen LogP contribution in [0.2, 0.25) is 0 Å². The largest absolute Gasteiger partial charge is 0.376 e. The van der Waals surface area contributed by atoms with Gasteiger partial charge in [-0.25, -0.2) is 0 Å². The zero-order valence-electron chi connectivity index (χ0n) is 15.0. The Morgan fingerprint density at radius 1 is 1.32 bits per heavy atom. The van der Waals surface area contributed by atoms with E-state index >= 15 is 0 Å². The summed E-state index contributed by atoms with van der Waals surface area (Å²) in [6, 6.07) is 1.68. The van der Waals surface area contributed by atoms with E-state index in [1.807, 2.05) is 0 Å². The molecule has 1 fully saturated rings. The van der Waals surface area contributed by atoms with E-state index in [1.54, 1.807) is 25.4 Å². The molecule has 0 aliphatic heterocycles. The van der Waals surface area contributed by atoms with Gasteiger partial charge in [-0.15, -0.1) is 0 Å². The van der Waals surface area contributed by atoms with E-state index in [0.717, 1.165) is 6.42 Å². The average Bonchev–Trinajstić information content (AvgIpc) is 2.64. The molecule has 2 unspecified atom stereocenters. The molecule has 1 aromatic heterocycles. The molecule has 6 nitrogen and oxygen atoms in total. The molecule has 6 heteroatoms. The SMILES string of the molecule is CNC(=O)c1cncc(/C=C/C(=O)NCCOC2CCCCC2C)c1. The third-order valence-electron chi connectivity index (χ3n) is 4.44. The number of amides is 2. The Balaban J connectivity index is 1.72. The van der Waals surface area contributed by atoms with Crippen LogP contribution in [-0.2, 0) is 9.53 Å². The zero-order valence-corrected chi connectivity index (χ0v) is 15.0. The first-order valence-electron chi connectivity index (χ1n) is 8.85. The van der Waals surface area contributed by atoms with Crippen molar-refractivity contribution in [3.63, 3.8) is 0 Å². The summed E-state index contributed by atoms with van der Waals surface area (Å²) in [4.78, 5) is 27.4. The molecule has 1 aromatic rings. The third-order valence-corrected chi connectivity index (χ3v) is 4.44. The van der Waals surface area contributed by atoms with E-state index in [1.165, 1.54) is 31.5 Å². The Hall–Kier alpha value is -2.21. The van der Waals surface area contributed by atoms with Gasteiger partial charge in [-0.2, -0.15) is 0 Å². The Morgan fingerprint density at radius 2 is 2.12 bits per heavy atom. The van der Waals surface area contributed by atoms with Gasteiger partial charge in [0.25, 0.3) is 5.91 Å². The van der Waals surface area contributed by atoms with E-state index in [2.05, 4.69) is 22.5 Å². The van der Waals surface area contributed by atoms with E-state index in [9.17, 15) is 9.59 Å². The van der Waals surface area contributed by atoms with Gasteiger partial charge in [0.15, 0.2) is 0 Å². The maximum Gasteiger partial charge on any atom is 0.252 e. The molecular formula is C19H27N3O3. The van der Waals surface area contributed by atoms with Crippen molar-refractivity contribution in [2.75, 3.05) is 20.2 Å². The minimum absolute atomic E-state index is 0.189. The fourth-order valence-corrected chi connectivity index (χ4v) is 2.96. The summed E-state index contributed by atoms with van der Waals surface area (Å²) in [5.41, 5.74) is 1.16. The number of hydrogen-bond acceptors (Lipinski definition) is 4. The van der Waals surface area contributed by atoms with Crippen molar-refractivity contribution in [2.45, 2.75) is 38.7 Å². The predicted molar refractivity (Wildman–Crippen MR) is 97.0 cm³/mol. The number of ether oxygens (including phenoxy) is 1. The van der Waals surface area contributed by atoms with Crippen LogP contribution in [0.1, 0.15) is 48.5 Å². The summed E-state index contributed by atoms with van der Waals surface area (Å²) in [5.74, 6) is 0.205. The first kappa shape index (κ1) is 19.1. The van der Waals surface area contributed by atoms with Crippen LogP contribution in [0.5, 0.6) is 0 Å². The van der Waals surface area contributed by atoms with Crippen LogP contribution in [0.3, 0.4) is 0 Å². The van der Waals surface area contributed by atoms with Gasteiger partial charge in [0.05, 0.1) is 18.3 Å². The first-order chi connectivity index (χ1) is 12.1. The highest BCUT2D eigenvalue weighted by Crippen LogP contribution is 2.25. The molecular weight excluding hydrogens is 318 g/mol. The highest BCUT2D eigenvalue weighted by Gasteiger charge is 2.21. The number of nitrogens with zero attached hydrogens (tertiary/aromatic N) is 1. The van der Waals surface area contributed by atoms with Crippen LogP contribution in [-0.4, -0.2) is 43.1 Å². The van der Waals surface area contributed by atoms with Crippen molar-refractivity contribution in [3.05, 3.63) is 35.7 Å². The molecule has 2 amide bonds. The van der Waals surface area contributed by atoms with E-state index in [4.69, 9.17) is 4.74 Å². The number of carbonyl (C=O) groups excluding carboxylic acids is 2. The Bertz CT molecular complexity index is 616. The van der Waals surface area contributed by atoms with Crippen LogP contribution in [0.15, 0.2) is 24.5 Å². The van der Waals surface area contributed by atoms with Crippen LogP contribution < -0.4 is 10.6 Å². The van der Waals surface area contributed by atoms with E-state index in [0.29, 0.717) is 36.3 Å². The lowest BCUT2D eigenvalue weighted by Gasteiger charge is -2.28. The molecule has 1 aliphatic rings. The maximum absolute atomic E-state index is 11.9. The number of nitrogens with one attached hydrogen (secondary N) is 2. The van der Waals surface area contributed by atoms with Crippen molar-refractivity contribution >= 4 is 17.9 Å². The van der Waals surface area contributed by atoms with Gasteiger partial charge in [-0.05, 0) is 36.5 Å². The van der Waals surface area contributed by atoms with Crippen molar-refractivity contribution in [1.29, 1.82) is 0 Å². The van der Waals surface area contributed by atoms with Gasteiger partial charge in [-0.1, -0.05) is 19.8 Å². The van der Waals surface area contributed by atoms with Gasteiger partial charge in [0.1, 0.15) is 0 Å². The molecule has 0 saturated heterocycles. The quantitative estimate of drug-likeness (QED) is 0.586. The minimum atomic E-state index is -0.207. The van der Waals surface area contributed by atoms with Crippen molar-refractivity contribution < 1.29 is 14.3 Å². The molecule has 136 valence electrons. The van der Waals surface area contributed by atoms with Gasteiger partial charge < -0.3 is 15.4 Å². The lowest BCUT2D eigenvalue weighted by molar-refractivity contribution is -0.116. The smallest absolute Gasteiger partial charge is 0.252 e. The number of carbonyl (C=O) groups is 2. The lowest BCUT2D eigenvalue weighted by Crippen LogP contribution is -2.31.